The summed E-state index contributed by atoms with van der Waals surface area (Å²) in [7, 11) is 0. The van der Waals surface area contributed by atoms with E-state index in [4.69, 9.17) is 5.10 Å². The average molecular weight is 414 g/mol. The Labute approximate surface area is 160 Å². The van der Waals surface area contributed by atoms with Crippen LogP contribution in [0.2, 0.25) is 0 Å². The van der Waals surface area contributed by atoms with E-state index in [9.17, 15) is 0 Å². The van der Waals surface area contributed by atoms with Gasteiger partial charge in [0.2, 0.25) is 0 Å². The third-order valence-electron chi connectivity index (χ3n) is 3.77. The van der Waals surface area contributed by atoms with Gasteiger partial charge in [0.15, 0.2) is 10.7 Å². The van der Waals surface area contributed by atoms with Gasteiger partial charge < -0.3 is 17.0 Å². The Hall–Kier alpha value is -2.38. The van der Waals surface area contributed by atoms with Crippen LogP contribution in [0.25, 0.3) is 22.2 Å². The van der Waals surface area contributed by atoms with Crippen molar-refractivity contribution in [2.24, 2.45) is 0 Å². The minimum absolute atomic E-state index is 0. The summed E-state index contributed by atoms with van der Waals surface area (Å²) in [6, 6.07) is 19.9. The lowest BCUT2D eigenvalue weighted by Crippen LogP contribution is -3.00. The summed E-state index contributed by atoms with van der Waals surface area (Å²) in [5.41, 5.74) is 2.91. The van der Waals surface area contributed by atoms with Gasteiger partial charge in [-0.1, -0.05) is 41.1 Å². The number of aromatic nitrogens is 5. The Kier molecular flexibility index (Phi) is 5.06. The number of tetrazole rings is 1. The lowest BCUT2D eigenvalue weighted by Gasteiger charge is -1.94. The molecule has 0 aliphatic heterocycles. The second kappa shape index (κ2) is 7.25. The highest BCUT2D eigenvalue weighted by Gasteiger charge is 2.26. The van der Waals surface area contributed by atoms with Gasteiger partial charge in [-0.15, -0.1) is 11.3 Å². The summed E-state index contributed by atoms with van der Waals surface area (Å²) in [5, 5.41) is 10.2. The molecule has 0 fully saturated rings. The van der Waals surface area contributed by atoms with Gasteiger partial charge in [-0.2, -0.15) is 0 Å². The maximum absolute atomic E-state index is 4.70. The summed E-state index contributed by atoms with van der Waals surface area (Å²) in [4.78, 5) is 7.50. The molecule has 25 heavy (non-hydrogen) atoms. The average Bonchev–Trinajstić information content (AvgIpc) is 3.21. The van der Waals surface area contributed by atoms with Crippen molar-refractivity contribution in [3.8, 4) is 22.2 Å². The Morgan fingerprint density at radius 3 is 2.16 bits per heavy atom. The monoisotopic (exact) mass is 413 g/mol. The largest absolute Gasteiger partial charge is 1.00 e. The molecule has 2 aromatic carbocycles. The highest BCUT2D eigenvalue weighted by Crippen LogP contribution is 2.24. The summed E-state index contributed by atoms with van der Waals surface area (Å²) >= 11 is 1.64. The molecular formula is C18H16BrN5S. The van der Waals surface area contributed by atoms with E-state index in [1.165, 1.54) is 4.88 Å². The number of hydrogen-bond donors (Lipinski definition) is 0. The van der Waals surface area contributed by atoms with Gasteiger partial charge in [0.1, 0.15) is 5.69 Å². The molecule has 7 heteroatoms. The minimum Gasteiger partial charge on any atom is -1.00 e. The molecule has 2 aromatic heterocycles. The minimum atomic E-state index is 0. The molecule has 0 bridgehead atoms. The predicted octanol–water partition coefficient (Wildman–Crippen LogP) is 0.288. The van der Waals surface area contributed by atoms with Crippen molar-refractivity contribution in [1.82, 2.24) is 20.1 Å². The van der Waals surface area contributed by atoms with Gasteiger partial charge >= 0.3 is 5.82 Å². The molecule has 0 atom stereocenters. The number of benzene rings is 2. The van der Waals surface area contributed by atoms with Crippen LogP contribution >= 0.6 is 11.3 Å². The maximum atomic E-state index is 4.70. The lowest BCUT2D eigenvalue weighted by atomic mass is 10.3. The van der Waals surface area contributed by atoms with Crippen molar-refractivity contribution in [2.75, 3.05) is 0 Å². The number of thiazole rings is 1. The zero-order valence-corrected chi connectivity index (χ0v) is 16.2. The van der Waals surface area contributed by atoms with Crippen LogP contribution < -0.4 is 21.7 Å². The van der Waals surface area contributed by atoms with Crippen LogP contribution in [0.3, 0.4) is 0 Å². The van der Waals surface area contributed by atoms with Crippen molar-refractivity contribution in [2.45, 2.75) is 13.8 Å². The molecule has 0 radical (unpaired) electrons. The Balaban J connectivity index is 0.00000182. The fraction of sp³-hybridized carbons (Fsp3) is 0.111. The van der Waals surface area contributed by atoms with Crippen LogP contribution in [0.5, 0.6) is 0 Å². The number of hydrogen-bond acceptors (Lipinski definition) is 4. The van der Waals surface area contributed by atoms with Crippen LogP contribution in [-0.4, -0.2) is 20.1 Å². The molecule has 0 spiro atoms. The van der Waals surface area contributed by atoms with Gasteiger partial charge in [0.25, 0.3) is 0 Å². The van der Waals surface area contributed by atoms with Crippen LogP contribution in [0, 0.1) is 13.8 Å². The predicted molar refractivity (Wildman–Crippen MR) is 93.5 cm³/mol. The first-order valence-corrected chi connectivity index (χ1v) is 8.49. The highest BCUT2D eigenvalue weighted by atomic mass is 79.9. The third kappa shape index (κ3) is 3.38. The Bertz CT molecular complexity index is 960. The molecule has 5 nitrogen and oxygen atoms in total. The summed E-state index contributed by atoms with van der Waals surface area (Å²) in [6.45, 7) is 4.09. The lowest BCUT2D eigenvalue weighted by molar-refractivity contribution is -0.651. The number of nitrogens with zero attached hydrogens (tertiary/aromatic N) is 5. The second-order valence-corrected chi connectivity index (χ2v) is 6.65. The number of aryl methyl sites for hydroxylation is 2. The molecule has 0 N–H and O–H groups in total. The van der Waals surface area contributed by atoms with Crippen molar-refractivity contribution >= 4 is 11.3 Å². The van der Waals surface area contributed by atoms with Crippen LogP contribution in [0.15, 0.2) is 60.7 Å². The molecule has 0 aliphatic rings. The van der Waals surface area contributed by atoms with Crippen LogP contribution in [0.1, 0.15) is 10.6 Å². The van der Waals surface area contributed by atoms with Crippen molar-refractivity contribution < 1.29 is 21.7 Å². The maximum Gasteiger partial charge on any atom is 0.364 e. The van der Waals surface area contributed by atoms with Gasteiger partial charge in [-0.3, -0.25) is 0 Å². The molecule has 0 amide bonds. The molecule has 4 rings (SSSR count). The summed E-state index contributed by atoms with van der Waals surface area (Å²) in [5.74, 6) is 0.742. The smallest absolute Gasteiger partial charge is 0.364 e. The summed E-state index contributed by atoms with van der Waals surface area (Å²) in [6.07, 6.45) is 0. The first-order valence-electron chi connectivity index (χ1n) is 7.67. The molecule has 0 saturated heterocycles. The van der Waals surface area contributed by atoms with E-state index in [0.717, 1.165) is 27.9 Å². The molecule has 0 unspecified atom stereocenters. The van der Waals surface area contributed by atoms with E-state index in [2.05, 4.69) is 17.1 Å². The SMILES string of the molecule is Cc1nc(-c2nn(-c3ccccc3)n[n+]2-c2ccccc2)sc1C.[Br-]. The molecule has 4 aromatic rings. The fourth-order valence-corrected chi connectivity index (χ4v) is 3.28. The fourth-order valence-electron chi connectivity index (χ4n) is 2.39. The quantitative estimate of drug-likeness (QED) is 0.453. The van der Waals surface area contributed by atoms with E-state index in [1.54, 1.807) is 16.1 Å². The molecule has 126 valence electrons. The topological polar surface area (TPSA) is 47.5 Å². The van der Waals surface area contributed by atoms with Crippen LogP contribution in [0.4, 0.5) is 0 Å². The molecule has 2 heterocycles. The highest BCUT2D eigenvalue weighted by molar-refractivity contribution is 7.15. The second-order valence-electron chi connectivity index (χ2n) is 5.45. The van der Waals surface area contributed by atoms with Crippen molar-refractivity contribution in [3.05, 3.63) is 71.2 Å². The van der Waals surface area contributed by atoms with Crippen molar-refractivity contribution in [1.29, 1.82) is 0 Å². The van der Waals surface area contributed by atoms with Gasteiger partial charge in [0.05, 0.1) is 16.0 Å². The third-order valence-corrected chi connectivity index (χ3v) is 4.84. The van der Waals surface area contributed by atoms with Crippen molar-refractivity contribution in [3.63, 3.8) is 0 Å². The number of para-hydroxylation sites is 2. The van der Waals surface area contributed by atoms with Gasteiger partial charge in [-0.05, 0) is 38.1 Å². The van der Waals surface area contributed by atoms with E-state index >= 15 is 0 Å². The zero-order chi connectivity index (χ0) is 16.5. The van der Waals surface area contributed by atoms with E-state index in [0.29, 0.717) is 0 Å². The molecular weight excluding hydrogens is 398 g/mol. The van der Waals surface area contributed by atoms with E-state index < -0.39 is 0 Å². The summed E-state index contributed by atoms with van der Waals surface area (Å²) < 4.78 is 1.84. The normalized spacial score (nSPS) is 10.5. The van der Waals surface area contributed by atoms with Gasteiger partial charge in [0, 0.05) is 9.67 Å². The number of rotatable bonds is 3. The number of halogens is 1. The first kappa shape index (κ1) is 17.4. The Morgan fingerprint density at radius 1 is 0.920 bits per heavy atom. The van der Waals surface area contributed by atoms with E-state index in [1.807, 2.05) is 72.3 Å². The van der Waals surface area contributed by atoms with Crippen LogP contribution in [-0.2, 0) is 0 Å². The molecule has 0 saturated carbocycles. The molecule has 0 aliphatic carbocycles. The van der Waals surface area contributed by atoms with Gasteiger partial charge in [-0.25, -0.2) is 4.98 Å². The first-order chi connectivity index (χ1) is 11.7. The zero-order valence-electron chi connectivity index (χ0n) is 13.8. The Morgan fingerprint density at radius 2 is 1.56 bits per heavy atom. The van der Waals surface area contributed by atoms with E-state index in [-0.39, 0.29) is 17.0 Å². The standard InChI is InChI=1S/C18H16N5S.BrH/c1-13-14(2)24-18(19-13)17-20-23(16-11-7-4-8-12-16)21-22(17)15-9-5-3-6-10-15;/h3-12H,1-2H3;1H/q+1;/p-1.